The Hall–Kier alpha value is -10.1. The summed E-state index contributed by atoms with van der Waals surface area (Å²) >= 11 is 3.70. The number of halogens is 3. The van der Waals surface area contributed by atoms with Gasteiger partial charge in [0.05, 0.1) is 22.8 Å². The van der Waals surface area contributed by atoms with E-state index in [1.807, 2.05) is 42.5 Å². The zero-order valence-electron chi connectivity index (χ0n) is 41.5. The zero-order chi connectivity index (χ0) is 55.6. The molecule has 5 aromatic carbocycles. The van der Waals surface area contributed by atoms with Crippen LogP contribution in [0.5, 0.6) is 17.2 Å². The molecule has 0 bridgehead atoms. The van der Waals surface area contributed by atoms with Crippen LogP contribution in [0.25, 0.3) is 94.4 Å². The van der Waals surface area contributed by atoms with Crippen molar-refractivity contribution in [1.82, 2.24) is 29.5 Å². The quantitative estimate of drug-likeness (QED) is 0.0449. The van der Waals surface area contributed by atoms with Crippen molar-refractivity contribution in [3.8, 4) is 51.2 Å². The second kappa shape index (κ2) is 24.9. The summed E-state index contributed by atoms with van der Waals surface area (Å²) in [6.45, 7) is 0.875. The van der Waals surface area contributed by atoms with Gasteiger partial charge in [-0.3, -0.25) is 34.7 Å². The van der Waals surface area contributed by atoms with Crippen molar-refractivity contribution >= 4 is 109 Å². The Morgan fingerprint density at radius 2 is 1.15 bits per heavy atom. The second-order valence-electron chi connectivity index (χ2n) is 17.0. The second-order valence-corrected chi connectivity index (χ2v) is 17.2. The summed E-state index contributed by atoms with van der Waals surface area (Å²) in [6.07, 6.45) is -0.00890. The molecule has 0 aliphatic rings. The van der Waals surface area contributed by atoms with Crippen LogP contribution in [0.4, 0.5) is 30.2 Å². The van der Waals surface area contributed by atoms with E-state index in [-0.39, 0.29) is 48.9 Å². The Morgan fingerprint density at radius 1 is 0.625 bits per heavy atom. The van der Waals surface area contributed by atoms with Gasteiger partial charge in [0.25, 0.3) is 19.4 Å². The van der Waals surface area contributed by atoms with E-state index in [1.165, 1.54) is 65.5 Å². The van der Waals surface area contributed by atoms with Gasteiger partial charge in [0.15, 0.2) is 0 Å². The van der Waals surface area contributed by atoms with Crippen molar-refractivity contribution in [2.24, 2.45) is 7.05 Å². The van der Waals surface area contributed by atoms with Gasteiger partial charge in [-0.2, -0.15) is 18.3 Å². The summed E-state index contributed by atoms with van der Waals surface area (Å²) in [5, 5.41) is 20.3. The fourth-order valence-corrected chi connectivity index (χ4v) is 8.84. The molecule has 0 fully saturated rings. The first-order valence-electron chi connectivity index (χ1n) is 23.5. The standard InChI is InChI=1S/C40H28F3N6.C18H11N3O6.CNS.Ru/c1-48-37-9-5-3-7-31(37)32-21-27(15-17-38(32)48)49(28-14-16-30-29-6-2-4-8-34(29)47-35(30)22-28)26-12-10-24(11-13-26)25-18-19-46-36(20-25)33(44)23-39(45)40(41,42)43;22-9-25-12-1-3-19-15(5-12)17-7-14(27-11-24)8-18(21-17)16-6-13(26-10-23)2-4-20-16;2-1-3;/h2-23,44-45,47H,1H3;1-11H;;/q-1;;-1;+2/b33-23-,45-39?;;;. The van der Waals surface area contributed by atoms with Crippen molar-refractivity contribution in [1.29, 1.82) is 5.41 Å². The molecule has 0 aliphatic carbocycles. The molecule has 0 aliphatic heterocycles. The van der Waals surface area contributed by atoms with E-state index in [2.05, 4.69) is 120 Å². The van der Waals surface area contributed by atoms with Crippen molar-refractivity contribution < 1.29 is 61.2 Å². The number of benzene rings is 5. The number of pyridine rings is 4. The normalized spacial score (nSPS) is 11.0. The molecule has 16 nitrogen and oxygen atoms in total. The maximum Gasteiger partial charge on any atom is 2.00 e. The number of fused-ring (bicyclic) bond motifs is 6. The van der Waals surface area contributed by atoms with Crippen molar-refractivity contribution in [3.63, 3.8) is 0 Å². The first-order valence-corrected chi connectivity index (χ1v) is 23.9. The van der Waals surface area contributed by atoms with Gasteiger partial charge in [-0.05, 0) is 96.1 Å². The Labute approximate surface area is 471 Å². The van der Waals surface area contributed by atoms with Crippen molar-refractivity contribution in [3.05, 3.63) is 199 Å². The molecule has 0 radical (unpaired) electrons. The van der Waals surface area contributed by atoms with Gasteiger partial charge < -0.3 is 39.8 Å². The molecule has 80 heavy (non-hydrogen) atoms. The van der Waals surface area contributed by atoms with E-state index in [9.17, 15) is 27.6 Å². The Morgan fingerprint density at radius 3 is 1.79 bits per heavy atom. The van der Waals surface area contributed by atoms with Crippen LogP contribution in [0.1, 0.15) is 5.69 Å². The summed E-state index contributed by atoms with van der Waals surface area (Å²) in [7, 11) is 2.08. The largest absolute Gasteiger partial charge is 2.00 e. The molecule has 0 amide bonds. The summed E-state index contributed by atoms with van der Waals surface area (Å²) in [4.78, 5) is 54.5. The average molecular weight is 1170 g/mol. The molecule has 0 saturated heterocycles. The molecule has 0 spiro atoms. The van der Waals surface area contributed by atoms with Gasteiger partial charge in [0.2, 0.25) is 0 Å². The number of aromatic nitrogens is 6. The Balaban J connectivity index is 0.000000230. The molecule has 0 unspecified atom stereocenters. The van der Waals surface area contributed by atoms with Gasteiger partial charge in [-0.25, -0.2) is 4.98 Å². The molecule has 11 rings (SSSR count). The summed E-state index contributed by atoms with van der Waals surface area (Å²) < 4.78 is 55.5. The number of thiocarbonyl (C=S) groups is 1. The average Bonchev–Trinajstić information content (AvgIpc) is 4.02. The SMILES string of the molecule is Cn1c2ccccc2c2cc(N(c3ccc(-c4ccnc(/C([NH-])=C/C(=N)C(F)(F)F)c4)cc3)c3ccc4c(c3)[nH]c3ccccc34)ccc21.O=COc1ccnc(-c2cc(OC=O)cc(-c3cc(OC=O)ccn3)n2)c1.[N-]=C=S.[Ru+2]. The number of hydrogen-bond donors (Lipinski definition) is 2. The number of nitrogens with zero attached hydrogens (tertiary/aromatic N) is 7. The van der Waals surface area contributed by atoms with Crippen LogP contribution in [0.3, 0.4) is 0 Å². The summed E-state index contributed by atoms with van der Waals surface area (Å²) in [5.41, 5.74) is 16.3. The Kier molecular flexibility index (Phi) is 17.5. The fraction of sp³-hybridized carbons (Fsp3) is 0.0339. The number of hydrogen-bond acceptors (Lipinski definition) is 13. The van der Waals surface area contributed by atoms with Gasteiger partial charge in [0.1, 0.15) is 23.0 Å². The first kappa shape index (κ1) is 56.1. The summed E-state index contributed by atoms with van der Waals surface area (Å²) in [5.74, 6) is 0.760. The van der Waals surface area contributed by atoms with Gasteiger partial charge in [-0.15, -0.1) is 5.70 Å². The van der Waals surface area contributed by atoms with E-state index in [0.29, 0.717) is 47.4 Å². The van der Waals surface area contributed by atoms with E-state index in [1.54, 1.807) is 12.1 Å². The number of alkyl halides is 3. The minimum atomic E-state index is -4.83. The third-order valence-corrected chi connectivity index (χ3v) is 12.3. The maximum absolute atomic E-state index is 12.9. The molecule has 0 saturated carbocycles. The number of nitrogens with one attached hydrogen (secondary N) is 3. The number of rotatable bonds is 14. The minimum absolute atomic E-state index is 0. The first-order chi connectivity index (χ1) is 38.3. The zero-order valence-corrected chi connectivity index (χ0v) is 44.1. The van der Waals surface area contributed by atoms with E-state index < -0.39 is 17.6 Å². The monoisotopic (exact) mass is 1170 g/mol. The third-order valence-electron chi connectivity index (χ3n) is 12.3. The number of carbonyl (C=O) groups is 3. The molecule has 6 aromatic heterocycles. The van der Waals surface area contributed by atoms with Crippen LogP contribution >= 0.6 is 12.2 Å². The number of isothiocyanates is 1. The number of H-pyrrole nitrogens is 1. The molecule has 21 heteroatoms. The van der Waals surface area contributed by atoms with E-state index in [0.717, 1.165) is 60.9 Å². The van der Waals surface area contributed by atoms with E-state index >= 15 is 0 Å². The minimum Gasteiger partial charge on any atom is -0.753 e. The molecule has 0 atom stereocenters. The fourth-order valence-electron chi connectivity index (χ4n) is 8.84. The smallest absolute Gasteiger partial charge is 0.753 e. The number of allylic oxidation sites excluding steroid dienone is 1. The predicted octanol–water partition coefficient (Wildman–Crippen LogP) is 13.9. The Bertz CT molecular complexity index is 4110. The molecule has 6 heterocycles. The molecular formula is C59H39F3N10O6RuS. The molecule has 11 aromatic rings. The number of aryl methyl sites for hydroxylation is 1. The number of carbonyl (C=O) groups excluding carboxylic acids is 3. The van der Waals surface area contributed by atoms with Crippen LogP contribution in [0.15, 0.2) is 182 Å². The van der Waals surface area contributed by atoms with Gasteiger partial charge >= 0.3 is 25.7 Å². The molecular weight excluding hydrogens is 1130 g/mol. The van der Waals surface area contributed by atoms with Crippen LogP contribution in [-0.4, -0.2) is 66.0 Å². The van der Waals surface area contributed by atoms with Gasteiger partial charge in [-0.1, -0.05) is 66.8 Å². The number of para-hydroxylation sites is 2. The number of anilines is 3. The third kappa shape index (κ3) is 12.4. The van der Waals surface area contributed by atoms with Crippen LogP contribution in [0.2, 0.25) is 0 Å². The number of aromatic amines is 1. The number of ether oxygens (including phenoxy) is 3. The maximum atomic E-state index is 12.9. The summed E-state index contributed by atoms with van der Waals surface area (Å²) in [6, 6.07) is 49.8. The van der Waals surface area contributed by atoms with E-state index in [4.69, 9.17) is 30.8 Å². The van der Waals surface area contributed by atoms with Gasteiger partial charge in [0, 0.05) is 116 Å². The topological polar surface area (TPSA) is 224 Å². The van der Waals surface area contributed by atoms with Crippen LogP contribution in [-0.2, 0) is 40.9 Å². The molecule has 3 N–H and O–H groups in total. The van der Waals surface area contributed by atoms with Crippen molar-refractivity contribution in [2.45, 2.75) is 6.18 Å². The molecule has 396 valence electrons. The van der Waals surface area contributed by atoms with Crippen LogP contribution < -0.4 is 19.1 Å². The predicted molar refractivity (Wildman–Crippen MR) is 301 cm³/mol. The van der Waals surface area contributed by atoms with Crippen LogP contribution in [0, 0.1) is 5.41 Å². The van der Waals surface area contributed by atoms with Crippen molar-refractivity contribution in [2.75, 3.05) is 4.90 Å².